The van der Waals surface area contributed by atoms with E-state index in [-0.39, 0.29) is 5.97 Å². The number of benzene rings is 2. The highest BCUT2D eigenvalue weighted by Gasteiger charge is 2.40. The third kappa shape index (κ3) is 8.13. The van der Waals surface area contributed by atoms with E-state index in [2.05, 4.69) is 86.9 Å². The molecule has 0 aliphatic carbocycles. The summed E-state index contributed by atoms with van der Waals surface area (Å²) < 4.78 is 18.6. The van der Waals surface area contributed by atoms with Gasteiger partial charge in [-0.2, -0.15) is 0 Å². The fourth-order valence-electron chi connectivity index (χ4n) is 7.10. The number of esters is 1. The highest BCUT2D eigenvalue weighted by atomic mass is 16.5. The summed E-state index contributed by atoms with van der Waals surface area (Å²) in [4.78, 5) is 18.3. The molecule has 0 saturated carbocycles. The molecule has 2 aromatic carbocycles. The van der Waals surface area contributed by atoms with Crippen LogP contribution in [0.3, 0.4) is 0 Å². The van der Waals surface area contributed by atoms with E-state index in [9.17, 15) is 4.79 Å². The van der Waals surface area contributed by atoms with Crippen molar-refractivity contribution in [1.82, 2.24) is 9.80 Å². The predicted octanol–water partition coefficient (Wildman–Crippen LogP) is 7.85. The molecule has 0 aromatic heterocycles. The van der Waals surface area contributed by atoms with Crippen LogP contribution in [-0.4, -0.2) is 67.3 Å². The number of rotatable bonds is 13. The molecule has 0 amide bonds. The fraction of sp³-hybridized carbons (Fsp3) is 0.605. The van der Waals surface area contributed by atoms with Crippen molar-refractivity contribution in [3.8, 4) is 11.5 Å². The van der Waals surface area contributed by atoms with Gasteiger partial charge in [0, 0.05) is 39.1 Å². The lowest BCUT2D eigenvalue weighted by Crippen LogP contribution is -2.42. The van der Waals surface area contributed by atoms with Crippen molar-refractivity contribution in [2.24, 2.45) is 5.92 Å². The zero-order valence-corrected chi connectivity index (χ0v) is 27.8. The molecule has 0 N–H and O–H groups in total. The maximum absolute atomic E-state index is 13.4. The molecule has 3 aliphatic rings. The highest BCUT2D eigenvalue weighted by molar-refractivity contribution is 5.85. The molecule has 5 rings (SSSR count). The van der Waals surface area contributed by atoms with Crippen molar-refractivity contribution in [1.29, 1.82) is 0 Å². The van der Waals surface area contributed by atoms with Gasteiger partial charge >= 0.3 is 5.97 Å². The number of hydrogen-bond donors (Lipinski definition) is 0. The first kappa shape index (κ1) is 32.7. The van der Waals surface area contributed by atoms with Crippen molar-refractivity contribution >= 4 is 11.5 Å². The minimum Gasteiger partial charge on any atom is -0.483 e. The Labute approximate surface area is 265 Å². The van der Waals surface area contributed by atoms with Gasteiger partial charge < -0.3 is 14.2 Å². The number of hydrogen-bond acceptors (Lipinski definition) is 6. The SMILES string of the molecule is CCCCCC(C)C(C)c1cc(OC(=O)CCCN2CCOCC2)c2c(c1)OC(C)(C)C1=C2CN(Cc2ccccc2)CC1. The number of nitrogens with zero attached hydrogens (tertiary/aromatic N) is 2. The second-order valence-corrected chi connectivity index (χ2v) is 13.7. The first-order valence-electron chi connectivity index (χ1n) is 17.1. The molecule has 2 unspecified atom stereocenters. The lowest BCUT2D eigenvalue weighted by atomic mass is 9.79. The fourth-order valence-corrected chi connectivity index (χ4v) is 7.10. The van der Waals surface area contributed by atoms with E-state index in [1.54, 1.807) is 0 Å². The van der Waals surface area contributed by atoms with E-state index >= 15 is 0 Å². The van der Waals surface area contributed by atoms with Gasteiger partial charge in [0.05, 0.1) is 18.8 Å². The third-order valence-corrected chi connectivity index (χ3v) is 9.98. The number of fused-ring (bicyclic) bond motifs is 2. The van der Waals surface area contributed by atoms with Crippen LogP contribution >= 0.6 is 0 Å². The van der Waals surface area contributed by atoms with Crippen LogP contribution in [0.4, 0.5) is 0 Å². The van der Waals surface area contributed by atoms with Gasteiger partial charge in [-0.05, 0) is 79.5 Å². The van der Waals surface area contributed by atoms with Crippen LogP contribution in [0.2, 0.25) is 0 Å². The molecule has 0 radical (unpaired) electrons. The number of carbonyl (C=O) groups excluding carboxylic acids is 1. The topological polar surface area (TPSA) is 51.2 Å². The van der Waals surface area contributed by atoms with Gasteiger partial charge in [0.25, 0.3) is 0 Å². The molecule has 1 saturated heterocycles. The molecule has 44 heavy (non-hydrogen) atoms. The largest absolute Gasteiger partial charge is 0.483 e. The zero-order chi connectivity index (χ0) is 31.1. The molecule has 3 heterocycles. The summed E-state index contributed by atoms with van der Waals surface area (Å²) >= 11 is 0. The number of carbonyl (C=O) groups is 1. The van der Waals surface area contributed by atoms with Crippen LogP contribution in [0.5, 0.6) is 11.5 Å². The molecule has 6 heteroatoms. The molecule has 240 valence electrons. The smallest absolute Gasteiger partial charge is 0.311 e. The van der Waals surface area contributed by atoms with Crippen LogP contribution in [0.15, 0.2) is 48.0 Å². The molecule has 1 fully saturated rings. The predicted molar refractivity (Wildman–Crippen MR) is 178 cm³/mol. The number of unbranched alkanes of at least 4 members (excludes halogenated alkanes) is 2. The van der Waals surface area contributed by atoms with Gasteiger partial charge in [-0.1, -0.05) is 76.8 Å². The first-order chi connectivity index (χ1) is 21.2. The number of ether oxygens (including phenoxy) is 3. The zero-order valence-electron chi connectivity index (χ0n) is 27.8. The minimum atomic E-state index is -0.408. The third-order valence-electron chi connectivity index (χ3n) is 9.98. The lowest BCUT2D eigenvalue weighted by molar-refractivity contribution is -0.134. The van der Waals surface area contributed by atoms with E-state index in [0.29, 0.717) is 24.0 Å². The van der Waals surface area contributed by atoms with Gasteiger partial charge in [-0.15, -0.1) is 0 Å². The molecule has 6 nitrogen and oxygen atoms in total. The van der Waals surface area contributed by atoms with Gasteiger partial charge in [0.15, 0.2) is 0 Å². The summed E-state index contributed by atoms with van der Waals surface area (Å²) in [7, 11) is 0. The molecular weight excluding hydrogens is 548 g/mol. The Morgan fingerprint density at radius 1 is 1.00 bits per heavy atom. The standard InChI is InChI=1S/C38H54N2O4/c1-6-7-9-13-28(2)29(3)31-24-34(43-36(41)16-12-18-39-20-22-42-23-21-39)37-32-27-40(26-30-14-10-8-11-15-30)19-17-33(32)38(4,5)44-35(37)25-31/h8,10-11,14-15,24-25,28-29H,6-7,9,12-13,16-23,26-27H2,1-5H3. The Bertz CT molecular complexity index is 1280. The normalized spacial score (nSPS) is 19.9. The molecule has 0 bridgehead atoms. The van der Waals surface area contributed by atoms with Crippen LogP contribution in [0.1, 0.15) is 102 Å². The van der Waals surface area contributed by atoms with E-state index < -0.39 is 5.60 Å². The molecule has 2 atom stereocenters. The average Bonchev–Trinajstić information content (AvgIpc) is 3.01. The number of morpholine rings is 1. The van der Waals surface area contributed by atoms with Gasteiger partial charge in [0.1, 0.15) is 17.1 Å². The minimum absolute atomic E-state index is 0.162. The molecule has 2 aromatic rings. The Morgan fingerprint density at radius 3 is 2.52 bits per heavy atom. The van der Waals surface area contributed by atoms with E-state index in [1.807, 2.05) is 0 Å². The van der Waals surface area contributed by atoms with E-state index in [0.717, 1.165) is 76.6 Å². The average molecular weight is 603 g/mol. The maximum Gasteiger partial charge on any atom is 0.311 e. The van der Waals surface area contributed by atoms with Crippen LogP contribution in [0.25, 0.3) is 5.57 Å². The second kappa shape index (κ2) is 15.1. The molecule has 0 spiro atoms. The van der Waals surface area contributed by atoms with Crippen LogP contribution < -0.4 is 9.47 Å². The summed E-state index contributed by atoms with van der Waals surface area (Å²) in [6.07, 6.45) is 7.06. The second-order valence-electron chi connectivity index (χ2n) is 13.7. The summed E-state index contributed by atoms with van der Waals surface area (Å²) in [5.74, 6) is 2.23. The quantitative estimate of drug-likeness (QED) is 0.132. The summed E-state index contributed by atoms with van der Waals surface area (Å²) in [6, 6.07) is 15.1. The Hall–Kier alpha value is -2.67. The van der Waals surface area contributed by atoms with Crippen molar-refractivity contribution in [3.63, 3.8) is 0 Å². The Balaban J connectivity index is 1.43. The molecular formula is C38H54N2O4. The highest BCUT2D eigenvalue weighted by Crippen LogP contribution is 2.50. The lowest BCUT2D eigenvalue weighted by Gasteiger charge is -2.43. The van der Waals surface area contributed by atoms with Crippen LogP contribution in [-0.2, 0) is 16.1 Å². The van der Waals surface area contributed by atoms with Crippen molar-refractivity contribution in [3.05, 3.63) is 64.7 Å². The van der Waals surface area contributed by atoms with Gasteiger partial charge in [0.2, 0.25) is 0 Å². The van der Waals surface area contributed by atoms with E-state index in [1.165, 1.54) is 48.0 Å². The summed E-state index contributed by atoms with van der Waals surface area (Å²) in [5, 5.41) is 0. The monoisotopic (exact) mass is 602 g/mol. The van der Waals surface area contributed by atoms with Gasteiger partial charge in [-0.25, -0.2) is 0 Å². The first-order valence-corrected chi connectivity index (χ1v) is 17.1. The summed E-state index contributed by atoms with van der Waals surface area (Å²) in [5.41, 5.74) is 5.68. The molecule has 3 aliphatic heterocycles. The Morgan fingerprint density at radius 2 is 1.77 bits per heavy atom. The van der Waals surface area contributed by atoms with Crippen molar-refractivity contribution in [2.45, 2.75) is 97.6 Å². The maximum atomic E-state index is 13.4. The van der Waals surface area contributed by atoms with E-state index in [4.69, 9.17) is 14.2 Å². The van der Waals surface area contributed by atoms with Crippen molar-refractivity contribution < 1.29 is 19.0 Å². The summed E-state index contributed by atoms with van der Waals surface area (Å²) in [6.45, 7) is 18.3. The Kier molecular flexibility index (Phi) is 11.2. The van der Waals surface area contributed by atoms with Gasteiger partial charge in [-0.3, -0.25) is 14.6 Å². The van der Waals surface area contributed by atoms with Crippen LogP contribution in [0, 0.1) is 5.92 Å². The van der Waals surface area contributed by atoms with Crippen molar-refractivity contribution in [2.75, 3.05) is 45.9 Å².